The molecule has 0 amide bonds. The predicted octanol–water partition coefficient (Wildman–Crippen LogP) is 6.91. The SMILES string of the molecule is CC1=C(c2nc(-c3cccc(Cl)c3)no2)C(c2ccccc2)NC(=S)N1c1cccc(Cl)c1. The molecule has 8 heteroatoms. The van der Waals surface area contributed by atoms with Crippen LogP contribution in [0.3, 0.4) is 0 Å². The molecule has 0 aliphatic carbocycles. The van der Waals surface area contributed by atoms with E-state index in [2.05, 4.69) is 10.5 Å². The Morgan fingerprint density at radius 1 is 0.939 bits per heavy atom. The zero-order valence-electron chi connectivity index (χ0n) is 17.5. The molecule has 4 aromatic rings. The highest BCUT2D eigenvalue weighted by molar-refractivity contribution is 7.80. The minimum Gasteiger partial charge on any atom is -0.351 e. The van der Waals surface area contributed by atoms with Crippen molar-refractivity contribution in [3.05, 3.63) is 106 Å². The molecule has 3 aromatic carbocycles. The van der Waals surface area contributed by atoms with Gasteiger partial charge in [-0.1, -0.05) is 76.9 Å². The van der Waals surface area contributed by atoms with Crippen LogP contribution in [-0.4, -0.2) is 15.3 Å². The highest BCUT2D eigenvalue weighted by Crippen LogP contribution is 2.39. The molecule has 0 saturated heterocycles. The van der Waals surface area contributed by atoms with Crippen molar-refractivity contribution < 1.29 is 4.52 Å². The topological polar surface area (TPSA) is 54.2 Å². The fourth-order valence-corrected chi connectivity index (χ4v) is 4.65. The van der Waals surface area contributed by atoms with Gasteiger partial charge in [0.15, 0.2) is 5.11 Å². The second-order valence-electron chi connectivity index (χ2n) is 7.54. The number of anilines is 1. The molecule has 1 aliphatic heterocycles. The molecular weight excluding hydrogens is 475 g/mol. The van der Waals surface area contributed by atoms with Gasteiger partial charge in [0, 0.05) is 27.0 Å². The highest BCUT2D eigenvalue weighted by Gasteiger charge is 2.34. The molecule has 1 unspecified atom stereocenters. The Hall–Kier alpha value is -3.19. The number of nitrogens with one attached hydrogen (secondary N) is 1. The van der Waals surface area contributed by atoms with E-state index in [1.807, 2.05) is 78.6 Å². The van der Waals surface area contributed by atoms with Crippen molar-refractivity contribution in [2.24, 2.45) is 0 Å². The first-order valence-electron chi connectivity index (χ1n) is 10.2. The Balaban J connectivity index is 1.66. The maximum Gasteiger partial charge on any atom is 0.258 e. The summed E-state index contributed by atoms with van der Waals surface area (Å²) in [4.78, 5) is 6.64. The van der Waals surface area contributed by atoms with Gasteiger partial charge in [0.05, 0.1) is 11.6 Å². The minimum atomic E-state index is -0.262. The zero-order valence-corrected chi connectivity index (χ0v) is 19.8. The van der Waals surface area contributed by atoms with E-state index in [1.165, 1.54) is 0 Å². The molecule has 5 rings (SSSR count). The fourth-order valence-electron chi connectivity index (χ4n) is 3.92. The van der Waals surface area contributed by atoms with Crippen molar-refractivity contribution in [2.45, 2.75) is 13.0 Å². The van der Waals surface area contributed by atoms with Crippen molar-refractivity contribution >= 4 is 51.8 Å². The summed E-state index contributed by atoms with van der Waals surface area (Å²) in [5.41, 5.74) is 4.35. The molecular formula is C25H18Cl2N4OS. The number of benzene rings is 3. The van der Waals surface area contributed by atoms with Gasteiger partial charge in [-0.25, -0.2) is 0 Å². The number of hydrogen-bond donors (Lipinski definition) is 1. The lowest BCUT2D eigenvalue weighted by Crippen LogP contribution is -2.46. The number of hydrogen-bond acceptors (Lipinski definition) is 4. The molecule has 0 spiro atoms. The molecule has 2 heterocycles. The summed E-state index contributed by atoms with van der Waals surface area (Å²) < 4.78 is 5.77. The number of nitrogens with zero attached hydrogens (tertiary/aromatic N) is 3. The number of thiocarbonyl (C=S) groups is 1. The number of aromatic nitrogens is 2. The third-order valence-electron chi connectivity index (χ3n) is 5.42. The molecule has 1 atom stereocenters. The van der Waals surface area contributed by atoms with Crippen LogP contribution in [0.4, 0.5) is 5.69 Å². The number of halogens is 2. The molecule has 33 heavy (non-hydrogen) atoms. The predicted molar refractivity (Wildman–Crippen MR) is 136 cm³/mol. The van der Waals surface area contributed by atoms with Crippen LogP contribution in [0.25, 0.3) is 17.0 Å². The molecule has 0 bridgehead atoms. The van der Waals surface area contributed by atoms with E-state index in [-0.39, 0.29) is 6.04 Å². The van der Waals surface area contributed by atoms with Crippen LogP contribution in [0.15, 0.2) is 89.1 Å². The zero-order chi connectivity index (χ0) is 22.9. The standard InChI is InChI=1S/C25H18Cl2N4OS/c1-15-21(24-29-23(30-32-24)17-9-5-10-18(26)13-17)22(16-7-3-2-4-8-16)28-25(33)31(15)20-12-6-11-19(27)14-20/h2-14,22H,1H3,(H,28,33). The first kappa shape index (κ1) is 21.6. The highest BCUT2D eigenvalue weighted by atomic mass is 35.5. The van der Waals surface area contributed by atoms with Crippen LogP contribution in [0, 0.1) is 0 Å². The summed E-state index contributed by atoms with van der Waals surface area (Å²) in [5, 5.41) is 9.45. The van der Waals surface area contributed by atoms with E-state index < -0.39 is 0 Å². The molecule has 5 nitrogen and oxygen atoms in total. The van der Waals surface area contributed by atoms with Crippen LogP contribution >= 0.6 is 35.4 Å². The Kier molecular flexibility index (Phi) is 5.89. The van der Waals surface area contributed by atoms with Crippen molar-refractivity contribution in [2.75, 3.05) is 4.90 Å². The van der Waals surface area contributed by atoms with E-state index in [4.69, 9.17) is 44.9 Å². The normalized spacial score (nSPS) is 16.2. The first-order chi connectivity index (χ1) is 16.0. The Morgan fingerprint density at radius 2 is 1.67 bits per heavy atom. The summed E-state index contributed by atoms with van der Waals surface area (Å²) in [7, 11) is 0. The number of rotatable bonds is 4. The molecule has 0 fully saturated rings. The van der Waals surface area contributed by atoms with Crippen molar-refractivity contribution in [3.8, 4) is 11.4 Å². The molecule has 1 aliphatic rings. The van der Waals surface area contributed by atoms with E-state index in [0.717, 1.165) is 28.1 Å². The van der Waals surface area contributed by atoms with E-state index in [9.17, 15) is 0 Å². The van der Waals surface area contributed by atoms with Gasteiger partial charge in [-0.05, 0) is 55.0 Å². The van der Waals surface area contributed by atoms with Gasteiger partial charge in [0.2, 0.25) is 5.82 Å². The lowest BCUT2D eigenvalue weighted by molar-refractivity contribution is 0.404. The van der Waals surface area contributed by atoms with Crippen molar-refractivity contribution in [1.82, 2.24) is 15.5 Å². The van der Waals surface area contributed by atoms with E-state index in [1.54, 1.807) is 12.1 Å². The summed E-state index contributed by atoms with van der Waals surface area (Å²) in [6.07, 6.45) is 0. The monoisotopic (exact) mass is 492 g/mol. The Morgan fingerprint density at radius 3 is 2.39 bits per heavy atom. The van der Waals surface area contributed by atoms with Crippen LogP contribution in [-0.2, 0) is 0 Å². The smallest absolute Gasteiger partial charge is 0.258 e. The summed E-state index contributed by atoms with van der Waals surface area (Å²) in [5.74, 6) is 0.862. The van der Waals surface area contributed by atoms with Gasteiger partial charge in [-0.3, -0.25) is 4.90 Å². The second kappa shape index (κ2) is 8.98. The Labute approximate surface area is 206 Å². The molecule has 1 N–H and O–H groups in total. The number of allylic oxidation sites excluding steroid dienone is 1. The molecule has 0 radical (unpaired) electrons. The van der Waals surface area contributed by atoms with Gasteiger partial charge in [0.25, 0.3) is 5.89 Å². The molecule has 0 saturated carbocycles. The van der Waals surface area contributed by atoms with Crippen molar-refractivity contribution in [1.29, 1.82) is 0 Å². The summed E-state index contributed by atoms with van der Waals surface area (Å²) in [6, 6.07) is 24.7. The average Bonchev–Trinajstić information content (AvgIpc) is 3.29. The van der Waals surface area contributed by atoms with Gasteiger partial charge in [-0.15, -0.1) is 0 Å². The van der Waals surface area contributed by atoms with Gasteiger partial charge in [0.1, 0.15) is 0 Å². The molecule has 1 aromatic heterocycles. The lowest BCUT2D eigenvalue weighted by atomic mass is 9.94. The van der Waals surface area contributed by atoms with Crippen LogP contribution in [0.1, 0.15) is 24.4 Å². The van der Waals surface area contributed by atoms with Crippen LogP contribution < -0.4 is 10.2 Å². The lowest BCUT2D eigenvalue weighted by Gasteiger charge is -2.37. The summed E-state index contributed by atoms with van der Waals surface area (Å²) in [6.45, 7) is 1.99. The van der Waals surface area contributed by atoms with Gasteiger partial charge < -0.3 is 9.84 Å². The minimum absolute atomic E-state index is 0.262. The van der Waals surface area contributed by atoms with E-state index in [0.29, 0.717) is 26.9 Å². The van der Waals surface area contributed by atoms with Crippen LogP contribution in [0.2, 0.25) is 10.0 Å². The maximum atomic E-state index is 6.26. The maximum absolute atomic E-state index is 6.26. The largest absolute Gasteiger partial charge is 0.351 e. The van der Waals surface area contributed by atoms with Crippen LogP contribution in [0.5, 0.6) is 0 Å². The van der Waals surface area contributed by atoms with Crippen molar-refractivity contribution in [3.63, 3.8) is 0 Å². The van der Waals surface area contributed by atoms with E-state index >= 15 is 0 Å². The van der Waals surface area contributed by atoms with Gasteiger partial charge in [-0.2, -0.15) is 4.98 Å². The quantitative estimate of drug-likeness (QED) is 0.312. The van der Waals surface area contributed by atoms with Gasteiger partial charge >= 0.3 is 0 Å². The fraction of sp³-hybridized carbons (Fsp3) is 0.0800. The average molecular weight is 493 g/mol. The summed E-state index contributed by atoms with van der Waals surface area (Å²) >= 11 is 18.2. The third kappa shape index (κ3) is 4.25. The molecule has 164 valence electrons. The first-order valence-corrected chi connectivity index (χ1v) is 11.4. The Bertz CT molecular complexity index is 1370. The third-order valence-corrected chi connectivity index (χ3v) is 6.19. The second-order valence-corrected chi connectivity index (χ2v) is 8.80.